The van der Waals surface area contributed by atoms with Crippen LogP contribution in [0, 0.1) is 5.92 Å². The van der Waals surface area contributed by atoms with Crippen LogP contribution in [0.1, 0.15) is 76.1 Å². The molecule has 1 aliphatic rings. The van der Waals surface area contributed by atoms with E-state index in [2.05, 4.69) is 26.3 Å². The zero-order valence-corrected chi connectivity index (χ0v) is 24.6. The number of fused-ring (bicyclic) bond motifs is 2. The lowest BCUT2D eigenvalue weighted by Crippen LogP contribution is -2.49. The van der Waals surface area contributed by atoms with E-state index in [0.717, 1.165) is 5.56 Å². The minimum atomic E-state index is -0.826. The molecule has 10 nitrogen and oxygen atoms in total. The Labute approximate surface area is 249 Å². The fraction of sp³-hybridized carbons (Fsp3) is 0.387. The van der Waals surface area contributed by atoms with Crippen LogP contribution < -0.4 is 21.3 Å². The molecular formula is C31H37N5O5S. The number of benzene rings is 2. The Bertz CT molecular complexity index is 1380. The molecule has 222 valence electrons. The van der Waals surface area contributed by atoms with Gasteiger partial charge in [-0.25, -0.2) is 4.98 Å². The summed E-state index contributed by atoms with van der Waals surface area (Å²) in [7, 11) is 0. The Kier molecular flexibility index (Phi) is 10.8. The second kappa shape index (κ2) is 14.7. The maximum Gasteiger partial charge on any atom is 0.271 e. The number of amides is 4. The highest BCUT2D eigenvalue weighted by atomic mass is 32.1. The van der Waals surface area contributed by atoms with Gasteiger partial charge in [0, 0.05) is 23.9 Å². The number of aliphatic hydroxyl groups is 1. The third-order valence-corrected chi connectivity index (χ3v) is 8.06. The van der Waals surface area contributed by atoms with Crippen LogP contribution in [0.15, 0.2) is 60.0 Å². The molecule has 42 heavy (non-hydrogen) atoms. The highest BCUT2D eigenvalue weighted by Gasteiger charge is 2.29. The van der Waals surface area contributed by atoms with Gasteiger partial charge in [-0.1, -0.05) is 56.3 Å². The summed E-state index contributed by atoms with van der Waals surface area (Å²) >= 11 is 1.26. The Hall–Kier alpha value is -4.09. The van der Waals surface area contributed by atoms with Gasteiger partial charge in [0.1, 0.15) is 22.8 Å². The van der Waals surface area contributed by atoms with Gasteiger partial charge in [0.15, 0.2) is 0 Å². The number of thiazole rings is 1. The molecule has 0 spiro atoms. The molecule has 0 unspecified atom stereocenters. The first-order valence-corrected chi connectivity index (χ1v) is 15.0. The van der Waals surface area contributed by atoms with Crippen molar-refractivity contribution in [3.63, 3.8) is 0 Å². The molecule has 0 aliphatic carbocycles. The Morgan fingerprint density at radius 3 is 2.43 bits per heavy atom. The second-order valence-electron chi connectivity index (χ2n) is 10.7. The molecule has 2 aromatic carbocycles. The van der Waals surface area contributed by atoms with E-state index < -0.39 is 29.9 Å². The first kappa shape index (κ1) is 30.9. The molecule has 0 radical (unpaired) electrons. The minimum Gasteiger partial charge on any atom is -0.392 e. The van der Waals surface area contributed by atoms with E-state index in [1.165, 1.54) is 11.3 Å². The molecule has 1 aromatic heterocycles. The lowest BCUT2D eigenvalue weighted by Gasteiger charge is -2.25. The number of aliphatic hydroxyl groups excluding tert-OH is 1. The molecule has 3 atom stereocenters. The van der Waals surface area contributed by atoms with Crippen molar-refractivity contribution < 1.29 is 24.3 Å². The molecule has 0 saturated carbocycles. The topological polar surface area (TPSA) is 150 Å². The van der Waals surface area contributed by atoms with Crippen LogP contribution in [0.5, 0.6) is 0 Å². The second-order valence-corrected chi connectivity index (χ2v) is 11.6. The van der Waals surface area contributed by atoms with Gasteiger partial charge in [0.2, 0.25) is 11.8 Å². The van der Waals surface area contributed by atoms with Crippen LogP contribution in [0.25, 0.3) is 0 Å². The van der Waals surface area contributed by atoms with Crippen LogP contribution in [0.3, 0.4) is 0 Å². The monoisotopic (exact) mass is 591 g/mol. The maximum atomic E-state index is 13.5. The van der Waals surface area contributed by atoms with Crippen molar-refractivity contribution in [3.8, 4) is 0 Å². The number of nitrogens with one attached hydrogen (secondary N) is 4. The average molecular weight is 592 g/mol. The number of aromatic nitrogens is 1. The van der Waals surface area contributed by atoms with E-state index in [1.54, 1.807) is 29.6 Å². The Morgan fingerprint density at radius 2 is 1.74 bits per heavy atom. The van der Waals surface area contributed by atoms with E-state index in [4.69, 9.17) is 0 Å². The van der Waals surface area contributed by atoms with Crippen LogP contribution in [0.4, 0.5) is 0 Å². The zero-order valence-electron chi connectivity index (χ0n) is 23.8. The molecule has 2 heterocycles. The van der Waals surface area contributed by atoms with Crippen molar-refractivity contribution in [1.29, 1.82) is 0 Å². The van der Waals surface area contributed by atoms with Crippen LogP contribution in [0.2, 0.25) is 0 Å². The molecule has 5 N–H and O–H groups in total. The zero-order chi connectivity index (χ0) is 30.1. The molecule has 3 aromatic rings. The number of nitrogens with zero attached hydrogens (tertiary/aromatic N) is 1. The Morgan fingerprint density at radius 1 is 1.00 bits per heavy atom. The summed E-state index contributed by atoms with van der Waals surface area (Å²) < 4.78 is 0. The van der Waals surface area contributed by atoms with Crippen molar-refractivity contribution in [2.45, 2.75) is 64.3 Å². The van der Waals surface area contributed by atoms with Gasteiger partial charge >= 0.3 is 0 Å². The quantitative estimate of drug-likeness (QED) is 0.298. The third kappa shape index (κ3) is 8.23. The number of hydrogen-bond donors (Lipinski definition) is 5. The largest absolute Gasteiger partial charge is 0.392 e. The van der Waals surface area contributed by atoms with Crippen molar-refractivity contribution >= 4 is 35.0 Å². The summed E-state index contributed by atoms with van der Waals surface area (Å²) in [6.07, 6.45) is 1.82. The van der Waals surface area contributed by atoms with E-state index in [1.807, 2.05) is 44.2 Å². The highest BCUT2D eigenvalue weighted by molar-refractivity contribution is 7.09. The summed E-state index contributed by atoms with van der Waals surface area (Å²) in [5, 5.41) is 23.1. The van der Waals surface area contributed by atoms with Gasteiger partial charge in [-0.3, -0.25) is 19.2 Å². The molecule has 0 fully saturated rings. The van der Waals surface area contributed by atoms with Gasteiger partial charge in [-0.2, -0.15) is 0 Å². The van der Waals surface area contributed by atoms with E-state index in [0.29, 0.717) is 48.4 Å². The molecule has 2 bridgehead atoms. The van der Waals surface area contributed by atoms with Crippen LogP contribution in [-0.4, -0.2) is 52.3 Å². The maximum absolute atomic E-state index is 13.5. The summed E-state index contributed by atoms with van der Waals surface area (Å²) in [5.41, 5.74) is 2.14. The summed E-state index contributed by atoms with van der Waals surface area (Å²) in [6, 6.07) is 13.9. The van der Waals surface area contributed by atoms with Gasteiger partial charge in [0.05, 0.1) is 12.6 Å². The van der Waals surface area contributed by atoms with Gasteiger partial charge in [-0.05, 0) is 48.4 Å². The van der Waals surface area contributed by atoms with E-state index in [-0.39, 0.29) is 30.0 Å². The van der Waals surface area contributed by atoms with Crippen molar-refractivity contribution in [2.24, 2.45) is 5.92 Å². The molecule has 1 aliphatic heterocycles. The first-order valence-electron chi connectivity index (χ1n) is 14.1. The minimum absolute atomic E-state index is 0.0473. The molecule has 11 heteroatoms. The predicted octanol–water partition coefficient (Wildman–Crippen LogP) is 2.89. The average Bonchev–Trinajstić information content (AvgIpc) is 3.48. The number of carbonyl (C=O) groups excluding carboxylic acids is 4. The van der Waals surface area contributed by atoms with E-state index in [9.17, 15) is 24.3 Å². The highest BCUT2D eigenvalue weighted by Crippen LogP contribution is 2.26. The lowest BCUT2D eigenvalue weighted by molar-refractivity contribution is -0.124. The van der Waals surface area contributed by atoms with Crippen LogP contribution >= 0.6 is 11.3 Å². The van der Waals surface area contributed by atoms with Gasteiger partial charge in [0.25, 0.3) is 11.8 Å². The fourth-order valence-electron chi connectivity index (χ4n) is 4.67. The normalized spacial score (nSPS) is 20.4. The summed E-state index contributed by atoms with van der Waals surface area (Å²) in [5.74, 6) is -1.57. The van der Waals surface area contributed by atoms with Gasteiger partial charge < -0.3 is 26.4 Å². The predicted molar refractivity (Wildman–Crippen MR) is 160 cm³/mol. The standard InChI is InChI=1S/C31H37N5O5S/c1-19(2)26-31-35-25(18-42-31)30(41)34-24(16-20-8-4-3-5-9-20)28(39)32-15-7-6-10-23(29(40)36-26)33-27(38)22-13-11-21(17-37)12-14-22/h3-5,8-9,11-14,18-19,23-24,26,37H,6-7,10,15-17H2,1-2H3,(H,32,39)(H,33,38)(H,34,41)(H,36,40)/t23-,24+,26+/m0/s1. The first-order chi connectivity index (χ1) is 20.2. The molecule has 4 rings (SSSR count). The summed E-state index contributed by atoms with van der Waals surface area (Å²) in [4.78, 5) is 57.4. The third-order valence-electron chi connectivity index (χ3n) is 7.13. The van der Waals surface area contributed by atoms with E-state index >= 15 is 0 Å². The Balaban J connectivity index is 1.56. The van der Waals surface area contributed by atoms with Crippen LogP contribution in [-0.2, 0) is 22.6 Å². The van der Waals surface area contributed by atoms with Crippen molar-refractivity contribution in [1.82, 2.24) is 26.3 Å². The fourth-order valence-corrected chi connectivity index (χ4v) is 5.69. The number of rotatable bonds is 6. The molecular weight excluding hydrogens is 554 g/mol. The van der Waals surface area contributed by atoms with Gasteiger partial charge in [-0.15, -0.1) is 11.3 Å². The number of hydrogen-bond acceptors (Lipinski definition) is 7. The number of carbonyl (C=O) groups is 4. The van der Waals surface area contributed by atoms with Crippen molar-refractivity contribution in [2.75, 3.05) is 6.54 Å². The molecule has 4 amide bonds. The summed E-state index contributed by atoms with van der Waals surface area (Å²) in [6.45, 7) is 4.11. The molecule has 0 saturated heterocycles. The lowest BCUT2D eigenvalue weighted by atomic mass is 10.0. The van der Waals surface area contributed by atoms with Crippen molar-refractivity contribution in [3.05, 3.63) is 87.4 Å². The SMILES string of the molecule is CC(C)[C@H]1NC(=O)[C@@H](NC(=O)c2ccc(CO)cc2)CCCCNC(=O)[C@@H](Cc2ccccc2)NC(=O)c2csc1n2. The smallest absolute Gasteiger partial charge is 0.271 e.